The molecule has 0 aromatic heterocycles. The quantitative estimate of drug-likeness (QED) is 0.677. The van der Waals surface area contributed by atoms with Crippen molar-refractivity contribution >= 4 is 15.9 Å². The summed E-state index contributed by atoms with van der Waals surface area (Å²) in [5, 5.41) is 3.08. The van der Waals surface area contributed by atoms with Crippen molar-refractivity contribution in [1.29, 1.82) is 0 Å². The molecule has 0 aliphatic carbocycles. The minimum atomic E-state index is -3.74. The first-order valence-electron chi connectivity index (χ1n) is 11.0. The third-order valence-electron chi connectivity index (χ3n) is 6.60. The second-order valence-electron chi connectivity index (χ2n) is 8.54. The lowest BCUT2D eigenvalue weighted by atomic mass is 9.83. The lowest BCUT2D eigenvalue weighted by Gasteiger charge is -2.44. The summed E-state index contributed by atoms with van der Waals surface area (Å²) in [4.78, 5) is 15.8. The van der Waals surface area contributed by atoms with Gasteiger partial charge in [0.1, 0.15) is 6.04 Å². The van der Waals surface area contributed by atoms with Crippen LogP contribution < -0.4 is 10.0 Å². The Hall–Kier alpha value is -1.44. The maximum absolute atomic E-state index is 13.0. The van der Waals surface area contributed by atoms with Gasteiger partial charge in [0.15, 0.2) is 0 Å². The number of nitrogens with one attached hydrogen (secondary N) is 2. The van der Waals surface area contributed by atoms with E-state index in [0.717, 1.165) is 12.8 Å². The number of amides is 1. The van der Waals surface area contributed by atoms with Crippen molar-refractivity contribution in [3.8, 4) is 0 Å². The van der Waals surface area contributed by atoms with Gasteiger partial charge >= 0.3 is 0 Å². The van der Waals surface area contributed by atoms with Crippen LogP contribution in [0, 0.1) is 11.8 Å². The number of fused-ring (bicyclic) bond motifs is 1. The van der Waals surface area contributed by atoms with Gasteiger partial charge in [-0.15, -0.1) is 0 Å². The Kier molecular flexibility index (Phi) is 7.71. The molecule has 2 heterocycles. The van der Waals surface area contributed by atoms with Crippen LogP contribution in [0.25, 0.3) is 0 Å². The molecule has 1 amide bonds. The third kappa shape index (κ3) is 5.58. The Bertz CT molecular complexity index is 767. The summed E-state index contributed by atoms with van der Waals surface area (Å²) in [5.41, 5.74) is 0. The Morgan fingerprint density at radius 1 is 1.14 bits per heavy atom. The van der Waals surface area contributed by atoms with Gasteiger partial charge in [-0.1, -0.05) is 44.9 Å². The molecule has 0 bridgehead atoms. The van der Waals surface area contributed by atoms with Crippen LogP contribution >= 0.6 is 0 Å². The molecule has 0 unspecified atom stereocenters. The molecular formula is C22H35N3O3S. The summed E-state index contributed by atoms with van der Waals surface area (Å²) in [7, 11) is -3.74. The van der Waals surface area contributed by atoms with Crippen molar-refractivity contribution in [2.45, 2.75) is 69.4 Å². The number of benzene rings is 1. The van der Waals surface area contributed by atoms with Gasteiger partial charge in [0.2, 0.25) is 15.9 Å². The van der Waals surface area contributed by atoms with Crippen LogP contribution in [0.5, 0.6) is 0 Å². The van der Waals surface area contributed by atoms with Gasteiger partial charge in [-0.05, 0) is 62.7 Å². The summed E-state index contributed by atoms with van der Waals surface area (Å²) < 4.78 is 28.2. The van der Waals surface area contributed by atoms with Gasteiger partial charge in [0.25, 0.3) is 0 Å². The number of nitrogens with zero attached hydrogens (tertiary/aromatic N) is 1. The highest BCUT2D eigenvalue weighted by Crippen LogP contribution is 2.30. The molecule has 2 aliphatic heterocycles. The van der Waals surface area contributed by atoms with Crippen LogP contribution in [0.4, 0.5) is 0 Å². The summed E-state index contributed by atoms with van der Waals surface area (Å²) in [6.07, 6.45) is 6.76. The topological polar surface area (TPSA) is 78.5 Å². The molecule has 0 saturated carbocycles. The Morgan fingerprint density at radius 3 is 2.59 bits per heavy atom. The smallest absolute Gasteiger partial charge is 0.241 e. The standard InChI is InChI=1S/C22H35N3O3S/c1-3-17(2)21(24-29(27,28)19-11-5-4-6-12-19)22(26)23-16-18-10-9-15-25-14-8-7-13-20(18)25/h4-6,11-12,17-18,20-21,24H,3,7-10,13-16H2,1-2H3,(H,23,26)/t17-,18-,20-,21+/m1/s1. The number of rotatable bonds is 8. The summed E-state index contributed by atoms with van der Waals surface area (Å²) in [6, 6.07) is 8.03. The highest BCUT2D eigenvalue weighted by Gasteiger charge is 2.34. The van der Waals surface area contributed by atoms with E-state index in [4.69, 9.17) is 0 Å². The lowest BCUT2D eigenvalue weighted by molar-refractivity contribution is -0.124. The molecule has 2 N–H and O–H groups in total. The number of hydrogen-bond donors (Lipinski definition) is 2. The van der Waals surface area contributed by atoms with Crippen LogP contribution in [0.1, 0.15) is 52.4 Å². The van der Waals surface area contributed by atoms with Gasteiger partial charge in [0.05, 0.1) is 4.90 Å². The first kappa shape index (κ1) is 22.2. The zero-order valence-corrected chi connectivity index (χ0v) is 18.5. The first-order chi connectivity index (χ1) is 13.9. The van der Waals surface area contributed by atoms with Crippen LogP contribution in [0.15, 0.2) is 35.2 Å². The van der Waals surface area contributed by atoms with E-state index >= 15 is 0 Å². The van der Waals surface area contributed by atoms with Gasteiger partial charge in [-0.3, -0.25) is 4.79 Å². The minimum absolute atomic E-state index is 0.0916. The number of carbonyl (C=O) groups is 1. The predicted molar refractivity (Wildman–Crippen MR) is 115 cm³/mol. The zero-order valence-electron chi connectivity index (χ0n) is 17.6. The van der Waals surface area contributed by atoms with E-state index in [1.54, 1.807) is 30.3 Å². The van der Waals surface area contributed by atoms with E-state index in [0.29, 0.717) is 18.5 Å². The van der Waals surface area contributed by atoms with Gasteiger partial charge in [-0.25, -0.2) is 8.42 Å². The second-order valence-corrected chi connectivity index (χ2v) is 10.3. The number of piperidine rings is 2. The average molecular weight is 422 g/mol. The predicted octanol–water partition coefficient (Wildman–Crippen LogP) is 2.76. The summed E-state index contributed by atoms with van der Waals surface area (Å²) in [5.74, 6) is 0.147. The fraction of sp³-hybridized carbons (Fsp3) is 0.682. The fourth-order valence-electron chi connectivity index (χ4n) is 4.66. The Balaban J connectivity index is 1.65. The molecule has 0 radical (unpaired) electrons. The van der Waals surface area contributed by atoms with Crippen molar-refractivity contribution in [3.05, 3.63) is 30.3 Å². The fourth-order valence-corrected chi connectivity index (χ4v) is 5.98. The van der Waals surface area contributed by atoms with Crippen molar-refractivity contribution in [2.75, 3.05) is 19.6 Å². The lowest BCUT2D eigenvalue weighted by Crippen LogP contribution is -2.54. The Morgan fingerprint density at radius 2 is 1.86 bits per heavy atom. The molecule has 1 aromatic carbocycles. The highest BCUT2D eigenvalue weighted by molar-refractivity contribution is 7.89. The molecule has 29 heavy (non-hydrogen) atoms. The van der Waals surface area contributed by atoms with E-state index in [9.17, 15) is 13.2 Å². The van der Waals surface area contributed by atoms with Crippen LogP contribution in [0.3, 0.4) is 0 Å². The molecule has 2 fully saturated rings. The second kappa shape index (κ2) is 10.0. The molecule has 0 spiro atoms. The highest BCUT2D eigenvalue weighted by atomic mass is 32.2. The minimum Gasteiger partial charge on any atom is -0.354 e. The SMILES string of the molecule is CC[C@@H](C)[C@H](NS(=O)(=O)c1ccccc1)C(=O)NC[C@H]1CCCN2CCCC[C@H]12. The van der Waals surface area contributed by atoms with Crippen molar-refractivity contribution in [2.24, 2.45) is 11.8 Å². The maximum atomic E-state index is 13.0. The summed E-state index contributed by atoms with van der Waals surface area (Å²) in [6.45, 7) is 6.85. The molecule has 2 aliphatic rings. The van der Waals surface area contributed by atoms with Crippen LogP contribution in [0.2, 0.25) is 0 Å². The molecule has 3 rings (SSSR count). The summed E-state index contributed by atoms with van der Waals surface area (Å²) >= 11 is 0. The molecule has 2 saturated heterocycles. The van der Waals surface area contributed by atoms with E-state index < -0.39 is 16.1 Å². The van der Waals surface area contributed by atoms with E-state index in [2.05, 4.69) is 14.9 Å². The van der Waals surface area contributed by atoms with Crippen molar-refractivity contribution < 1.29 is 13.2 Å². The van der Waals surface area contributed by atoms with Crippen LogP contribution in [-0.2, 0) is 14.8 Å². The number of hydrogen-bond acceptors (Lipinski definition) is 4. The Labute approximate surface area is 175 Å². The molecule has 4 atom stereocenters. The van der Waals surface area contributed by atoms with E-state index in [1.807, 2.05) is 13.8 Å². The molecule has 7 heteroatoms. The molecular weight excluding hydrogens is 386 g/mol. The number of sulfonamides is 1. The number of carbonyl (C=O) groups excluding carboxylic acids is 1. The van der Waals surface area contributed by atoms with Crippen LogP contribution in [-0.4, -0.2) is 50.9 Å². The van der Waals surface area contributed by atoms with Gasteiger partial charge in [-0.2, -0.15) is 4.72 Å². The van der Waals surface area contributed by atoms with Gasteiger partial charge in [0, 0.05) is 12.6 Å². The monoisotopic (exact) mass is 421 g/mol. The zero-order chi connectivity index (χ0) is 20.9. The first-order valence-corrected chi connectivity index (χ1v) is 12.5. The maximum Gasteiger partial charge on any atom is 0.241 e. The van der Waals surface area contributed by atoms with Crippen molar-refractivity contribution in [3.63, 3.8) is 0 Å². The molecule has 6 nitrogen and oxygen atoms in total. The molecule has 162 valence electrons. The third-order valence-corrected chi connectivity index (χ3v) is 8.06. The largest absolute Gasteiger partial charge is 0.354 e. The normalized spacial score (nSPS) is 25.0. The van der Waals surface area contributed by atoms with E-state index in [-0.39, 0.29) is 16.7 Å². The molecule has 1 aromatic rings. The van der Waals surface area contributed by atoms with Crippen molar-refractivity contribution in [1.82, 2.24) is 14.9 Å². The average Bonchev–Trinajstić information content (AvgIpc) is 2.76. The van der Waals surface area contributed by atoms with E-state index in [1.165, 1.54) is 38.8 Å². The van der Waals surface area contributed by atoms with Gasteiger partial charge < -0.3 is 10.2 Å².